The van der Waals surface area contributed by atoms with E-state index in [1.807, 2.05) is 52.0 Å². The Morgan fingerprint density at radius 2 is 2.04 bits per heavy atom. The van der Waals surface area contributed by atoms with Crippen LogP contribution in [0.4, 0.5) is 0 Å². The number of carbonyl (C=O) groups is 1. The van der Waals surface area contributed by atoms with E-state index >= 15 is 0 Å². The standard InChI is InChI=1S/C18H24BrN3O2/c1-12(13-8-5-6-9-14(13)19)20-15(23)10-7-11-16-21-17(22-24-16)18(2,3)4/h5-6,8-9,12H,7,10-11H2,1-4H3,(H,20,23). The molecule has 1 N–H and O–H groups in total. The van der Waals surface area contributed by atoms with Gasteiger partial charge in [-0.15, -0.1) is 0 Å². The Morgan fingerprint density at radius 3 is 2.67 bits per heavy atom. The lowest BCUT2D eigenvalue weighted by atomic mass is 9.96. The number of hydrogen-bond donors (Lipinski definition) is 1. The highest BCUT2D eigenvalue weighted by Gasteiger charge is 2.21. The Balaban J connectivity index is 1.79. The summed E-state index contributed by atoms with van der Waals surface area (Å²) in [6.07, 6.45) is 1.72. The second kappa shape index (κ2) is 7.92. The molecule has 2 rings (SSSR count). The van der Waals surface area contributed by atoms with Crippen molar-refractivity contribution in [3.63, 3.8) is 0 Å². The van der Waals surface area contributed by atoms with Crippen molar-refractivity contribution >= 4 is 21.8 Å². The van der Waals surface area contributed by atoms with Gasteiger partial charge in [0, 0.05) is 22.7 Å². The summed E-state index contributed by atoms with van der Waals surface area (Å²) in [6, 6.07) is 7.86. The quantitative estimate of drug-likeness (QED) is 0.792. The third-order valence-electron chi connectivity index (χ3n) is 3.68. The summed E-state index contributed by atoms with van der Waals surface area (Å²) < 4.78 is 6.24. The van der Waals surface area contributed by atoms with Gasteiger partial charge in [-0.25, -0.2) is 0 Å². The van der Waals surface area contributed by atoms with Crippen LogP contribution in [0.1, 0.15) is 63.9 Å². The third-order valence-corrected chi connectivity index (χ3v) is 4.40. The number of carbonyl (C=O) groups excluding carboxylic acids is 1. The molecule has 0 aliphatic rings. The minimum Gasteiger partial charge on any atom is -0.350 e. The zero-order chi connectivity index (χ0) is 17.7. The highest BCUT2D eigenvalue weighted by atomic mass is 79.9. The zero-order valence-electron chi connectivity index (χ0n) is 14.6. The fourth-order valence-electron chi connectivity index (χ4n) is 2.28. The van der Waals surface area contributed by atoms with Crippen LogP contribution in [-0.4, -0.2) is 16.0 Å². The smallest absolute Gasteiger partial charge is 0.226 e. The minimum absolute atomic E-state index is 0.0220. The number of amides is 1. The highest BCUT2D eigenvalue weighted by molar-refractivity contribution is 9.10. The summed E-state index contributed by atoms with van der Waals surface area (Å²) in [7, 11) is 0. The van der Waals surface area contributed by atoms with Gasteiger partial charge in [-0.1, -0.05) is 60.1 Å². The molecule has 1 unspecified atom stereocenters. The first-order valence-corrected chi connectivity index (χ1v) is 8.93. The molecule has 0 bridgehead atoms. The molecule has 5 nitrogen and oxygen atoms in total. The van der Waals surface area contributed by atoms with Crippen LogP contribution in [0.2, 0.25) is 0 Å². The van der Waals surface area contributed by atoms with E-state index in [0.717, 1.165) is 10.0 Å². The lowest BCUT2D eigenvalue weighted by Gasteiger charge is -2.15. The number of nitrogens with one attached hydrogen (secondary N) is 1. The molecule has 24 heavy (non-hydrogen) atoms. The Hall–Kier alpha value is -1.69. The largest absolute Gasteiger partial charge is 0.350 e. The number of aryl methyl sites for hydroxylation is 1. The first-order chi connectivity index (χ1) is 11.3. The van der Waals surface area contributed by atoms with Crippen LogP contribution in [0, 0.1) is 0 Å². The van der Waals surface area contributed by atoms with Crippen molar-refractivity contribution in [1.29, 1.82) is 0 Å². The molecule has 0 fully saturated rings. The van der Waals surface area contributed by atoms with Gasteiger partial charge in [-0.3, -0.25) is 4.79 Å². The topological polar surface area (TPSA) is 68.0 Å². The summed E-state index contributed by atoms with van der Waals surface area (Å²) in [5.41, 5.74) is 0.940. The van der Waals surface area contributed by atoms with Crippen molar-refractivity contribution in [2.75, 3.05) is 0 Å². The van der Waals surface area contributed by atoms with Gasteiger partial charge in [0.25, 0.3) is 0 Å². The molecule has 1 atom stereocenters. The molecule has 0 aliphatic carbocycles. The predicted molar refractivity (Wildman–Crippen MR) is 96.6 cm³/mol. The van der Waals surface area contributed by atoms with Crippen LogP contribution in [0.3, 0.4) is 0 Å². The fraction of sp³-hybridized carbons (Fsp3) is 0.500. The van der Waals surface area contributed by atoms with Gasteiger partial charge in [0.05, 0.1) is 6.04 Å². The van der Waals surface area contributed by atoms with E-state index in [-0.39, 0.29) is 17.4 Å². The number of benzene rings is 1. The van der Waals surface area contributed by atoms with Gasteiger partial charge in [0.1, 0.15) is 0 Å². The van der Waals surface area contributed by atoms with Crippen molar-refractivity contribution < 1.29 is 9.32 Å². The maximum atomic E-state index is 12.1. The second-order valence-electron chi connectivity index (χ2n) is 6.93. The molecule has 1 amide bonds. The van der Waals surface area contributed by atoms with Crippen molar-refractivity contribution in [1.82, 2.24) is 15.5 Å². The summed E-state index contributed by atoms with van der Waals surface area (Å²) >= 11 is 3.51. The van der Waals surface area contributed by atoms with E-state index in [4.69, 9.17) is 4.52 Å². The third kappa shape index (κ3) is 5.16. The Bertz CT molecular complexity index is 692. The Labute approximate surface area is 151 Å². The molecule has 6 heteroatoms. The molecule has 1 aromatic carbocycles. The molecule has 0 aliphatic heterocycles. The average molecular weight is 394 g/mol. The van der Waals surface area contributed by atoms with Gasteiger partial charge < -0.3 is 9.84 Å². The lowest BCUT2D eigenvalue weighted by molar-refractivity contribution is -0.121. The first-order valence-electron chi connectivity index (χ1n) is 8.14. The van der Waals surface area contributed by atoms with Gasteiger partial charge >= 0.3 is 0 Å². The molecule has 1 aromatic heterocycles. The van der Waals surface area contributed by atoms with Crippen molar-refractivity contribution in [3.05, 3.63) is 46.0 Å². The van der Waals surface area contributed by atoms with Crippen LogP contribution in [0.15, 0.2) is 33.3 Å². The van der Waals surface area contributed by atoms with Gasteiger partial charge in [-0.05, 0) is 25.0 Å². The number of halogens is 1. The van der Waals surface area contributed by atoms with Crippen LogP contribution in [0.5, 0.6) is 0 Å². The molecule has 0 saturated carbocycles. The number of aromatic nitrogens is 2. The molecule has 2 aromatic rings. The van der Waals surface area contributed by atoms with E-state index in [2.05, 4.69) is 31.4 Å². The molecule has 0 radical (unpaired) electrons. The van der Waals surface area contributed by atoms with Crippen LogP contribution in [0.25, 0.3) is 0 Å². The van der Waals surface area contributed by atoms with E-state index < -0.39 is 0 Å². The lowest BCUT2D eigenvalue weighted by Crippen LogP contribution is -2.26. The first kappa shape index (κ1) is 18.6. The molecular weight excluding hydrogens is 370 g/mol. The fourth-order valence-corrected chi connectivity index (χ4v) is 2.91. The minimum atomic E-state index is -0.127. The highest BCUT2D eigenvalue weighted by Crippen LogP contribution is 2.23. The molecular formula is C18H24BrN3O2. The van der Waals surface area contributed by atoms with Crippen molar-refractivity contribution in [2.24, 2.45) is 0 Å². The molecule has 0 spiro atoms. The molecule has 0 saturated heterocycles. The normalized spacial score (nSPS) is 12.9. The Kier molecular flexibility index (Phi) is 6.15. The monoisotopic (exact) mass is 393 g/mol. The van der Waals surface area contributed by atoms with Gasteiger partial charge in [-0.2, -0.15) is 4.98 Å². The summed E-state index contributed by atoms with van der Waals surface area (Å²) in [5, 5.41) is 7.01. The van der Waals surface area contributed by atoms with Crippen LogP contribution >= 0.6 is 15.9 Å². The summed E-state index contributed by atoms with van der Waals surface area (Å²) in [6.45, 7) is 8.10. The average Bonchev–Trinajstić information content (AvgIpc) is 2.96. The van der Waals surface area contributed by atoms with Gasteiger partial charge in [0.15, 0.2) is 5.82 Å². The van der Waals surface area contributed by atoms with Gasteiger partial charge in [0.2, 0.25) is 11.8 Å². The maximum absolute atomic E-state index is 12.1. The van der Waals surface area contributed by atoms with Crippen molar-refractivity contribution in [2.45, 2.75) is 58.4 Å². The van der Waals surface area contributed by atoms with Crippen LogP contribution < -0.4 is 5.32 Å². The second-order valence-corrected chi connectivity index (χ2v) is 7.78. The van der Waals surface area contributed by atoms with Crippen molar-refractivity contribution in [3.8, 4) is 0 Å². The van der Waals surface area contributed by atoms with E-state index in [1.54, 1.807) is 0 Å². The zero-order valence-corrected chi connectivity index (χ0v) is 16.2. The summed E-state index contributed by atoms with van der Waals surface area (Å²) in [4.78, 5) is 16.5. The van der Waals surface area contributed by atoms with E-state index in [0.29, 0.717) is 31.0 Å². The van der Waals surface area contributed by atoms with E-state index in [9.17, 15) is 4.79 Å². The number of hydrogen-bond acceptors (Lipinski definition) is 4. The molecule has 1 heterocycles. The predicted octanol–water partition coefficient (Wildman–Crippen LogP) is 4.33. The summed E-state index contributed by atoms with van der Waals surface area (Å²) in [5.74, 6) is 1.31. The maximum Gasteiger partial charge on any atom is 0.226 e. The van der Waals surface area contributed by atoms with E-state index in [1.165, 1.54) is 0 Å². The molecule has 130 valence electrons. The number of nitrogens with zero attached hydrogens (tertiary/aromatic N) is 2. The number of rotatable bonds is 6. The SMILES string of the molecule is CC(NC(=O)CCCc1nc(C(C)(C)C)no1)c1ccccc1Br. The van der Waals surface area contributed by atoms with Crippen LogP contribution in [-0.2, 0) is 16.6 Å². The Morgan fingerprint density at radius 1 is 1.33 bits per heavy atom.